The molecule has 45 heavy (non-hydrogen) atoms. The number of aliphatic hydroxyl groups excluding tert-OH is 1. The number of carbonyl (C=O) groups excluding carboxylic acids is 1. The standard InChI is InChI=1S/C37H47NO7/c1-43-33-18-14-31(15-19-33)37(30-10-6-5-7-11-30,32-16-20-34(44-2)21-17-32)45-27-29(26-39)28-22-24-38(25-23-28)35(40)12-8-3-4-9-13-36(41)42/h5-7,10-11,14-21,28-29,39H,3-4,8-9,12-13,22-27H2,1-2H3,(H,41,42). The van der Waals surface area contributed by atoms with Crippen LogP contribution in [0.1, 0.15) is 68.1 Å². The number of ether oxygens (including phenoxy) is 3. The Hall–Kier alpha value is -3.88. The molecule has 0 bridgehead atoms. The minimum absolute atomic E-state index is 0.00888. The number of aliphatic hydroxyl groups is 1. The van der Waals surface area contributed by atoms with E-state index in [-0.39, 0.29) is 30.8 Å². The molecule has 1 aliphatic heterocycles. The Morgan fingerprint density at radius 3 is 1.78 bits per heavy atom. The van der Waals surface area contributed by atoms with E-state index in [0.717, 1.165) is 60.3 Å². The van der Waals surface area contributed by atoms with E-state index in [9.17, 15) is 14.7 Å². The number of methoxy groups -OCH3 is 2. The van der Waals surface area contributed by atoms with Crippen LogP contribution in [0.25, 0.3) is 0 Å². The van der Waals surface area contributed by atoms with Gasteiger partial charge in [0.25, 0.3) is 0 Å². The molecule has 0 aromatic heterocycles. The monoisotopic (exact) mass is 617 g/mol. The third-order valence-electron chi connectivity index (χ3n) is 9.01. The van der Waals surface area contributed by atoms with Crippen molar-refractivity contribution in [2.45, 2.75) is 57.0 Å². The van der Waals surface area contributed by atoms with Crippen molar-refractivity contribution in [3.63, 3.8) is 0 Å². The fraction of sp³-hybridized carbons (Fsp3) is 0.459. The first-order chi connectivity index (χ1) is 21.9. The molecular formula is C37H47NO7. The molecule has 0 aliphatic carbocycles. The molecular weight excluding hydrogens is 570 g/mol. The highest BCUT2D eigenvalue weighted by Crippen LogP contribution is 2.42. The van der Waals surface area contributed by atoms with Crippen molar-refractivity contribution in [1.29, 1.82) is 0 Å². The van der Waals surface area contributed by atoms with Gasteiger partial charge >= 0.3 is 5.97 Å². The van der Waals surface area contributed by atoms with Crippen LogP contribution in [0, 0.1) is 11.8 Å². The van der Waals surface area contributed by atoms with Crippen molar-refractivity contribution in [3.8, 4) is 11.5 Å². The van der Waals surface area contributed by atoms with Gasteiger partial charge in [-0.2, -0.15) is 0 Å². The van der Waals surface area contributed by atoms with E-state index < -0.39 is 11.6 Å². The number of carbonyl (C=O) groups is 2. The number of amides is 1. The second-order valence-electron chi connectivity index (χ2n) is 11.8. The topological polar surface area (TPSA) is 106 Å². The van der Waals surface area contributed by atoms with Crippen LogP contribution in [0.3, 0.4) is 0 Å². The maximum atomic E-state index is 12.8. The lowest BCUT2D eigenvalue weighted by Crippen LogP contribution is -2.42. The van der Waals surface area contributed by atoms with Crippen molar-refractivity contribution < 1.29 is 34.0 Å². The number of hydrogen-bond acceptors (Lipinski definition) is 6. The number of carboxylic acid groups (broad SMARTS) is 1. The summed E-state index contributed by atoms with van der Waals surface area (Å²) >= 11 is 0. The molecule has 0 radical (unpaired) electrons. The summed E-state index contributed by atoms with van der Waals surface area (Å²) in [6, 6.07) is 26.0. The van der Waals surface area contributed by atoms with E-state index in [1.54, 1.807) is 14.2 Å². The van der Waals surface area contributed by atoms with Crippen LogP contribution < -0.4 is 9.47 Å². The number of rotatable bonds is 17. The molecule has 0 saturated carbocycles. The Morgan fingerprint density at radius 1 is 0.778 bits per heavy atom. The lowest BCUT2D eigenvalue weighted by Gasteiger charge is -2.40. The van der Waals surface area contributed by atoms with E-state index in [1.165, 1.54) is 0 Å². The number of piperidine rings is 1. The predicted octanol–water partition coefficient (Wildman–Crippen LogP) is 6.28. The molecule has 1 amide bonds. The highest BCUT2D eigenvalue weighted by molar-refractivity contribution is 5.76. The van der Waals surface area contributed by atoms with Gasteiger partial charge in [-0.15, -0.1) is 0 Å². The molecule has 1 atom stereocenters. The van der Waals surface area contributed by atoms with Gasteiger partial charge in [0, 0.05) is 38.5 Å². The van der Waals surface area contributed by atoms with Crippen LogP contribution >= 0.6 is 0 Å². The van der Waals surface area contributed by atoms with Crippen LogP contribution in [0.15, 0.2) is 78.9 Å². The lowest BCUT2D eigenvalue weighted by atomic mass is 9.79. The molecule has 0 spiro atoms. The first-order valence-electron chi connectivity index (χ1n) is 16.0. The lowest BCUT2D eigenvalue weighted by molar-refractivity contribution is -0.137. The zero-order chi connectivity index (χ0) is 32.1. The average molecular weight is 618 g/mol. The van der Waals surface area contributed by atoms with E-state index in [2.05, 4.69) is 12.1 Å². The van der Waals surface area contributed by atoms with Crippen molar-refractivity contribution >= 4 is 11.9 Å². The van der Waals surface area contributed by atoms with Crippen LogP contribution in [-0.2, 0) is 19.9 Å². The minimum atomic E-state index is -0.950. The molecule has 3 aromatic carbocycles. The number of benzene rings is 3. The van der Waals surface area contributed by atoms with Crippen molar-refractivity contribution in [3.05, 3.63) is 95.6 Å². The molecule has 8 nitrogen and oxygen atoms in total. The maximum Gasteiger partial charge on any atom is 0.303 e. The van der Waals surface area contributed by atoms with Gasteiger partial charge in [0.15, 0.2) is 0 Å². The minimum Gasteiger partial charge on any atom is -0.497 e. The highest BCUT2D eigenvalue weighted by Gasteiger charge is 2.39. The summed E-state index contributed by atoms with van der Waals surface area (Å²) in [7, 11) is 3.30. The van der Waals surface area contributed by atoms with Crippen LogP contribution in [0.4, 0.5) is 0 Å². The molecule has 1 aliphatic rings. The van der Waals surface area contributed by atoms with E-state index in [1.807, 2.05) is 71.6 Å². The summed E-state index contributed by atoms with van der Waals surface area (Å²) in [4.78, 5) is 25.5. The number of aliphatic carboxylic acids is 1. The molecule has 4 rings (SSSR count). The van der Waals surface area contributed by atoms with Gasteiger partial charge < -0.3 is 29.3 Å². The normalized spacial score (nSPS) is 14.6. The zero-order valence-corrected chi connectivity index (χ0v) is 26.5. The molecule has 1 saturated heterocycles. The van der Waals surface area contributed by atoms with E-state index >= 15 is 0 Å². The summed E-state index contributed by atoms with van der Waals surface area (Å²) in [5.41, 5.74) is 1.91. The van der Waals surface area contributed by atoms with Gasteiger partial charge in [-0.3, -0.25) is 9.59 Å². The summed E-state index contributed by atoms with van der Waals surface area (Å²) in [5.74, 6) is 1.01. The van der Waals surface area contributed by atoms with Gasteiger partial charge in [-0.05, 0) is 72.6 Å². The summed E-state index contributed by atoms with van der Waals surface area (Å²) in [6.07, 6.45) is 5.43. The molecule has 2 N–H and O–H groups in total. The van der Waals surface area contributed by atoms with Crippen LogP contribution in [0.2, 0.25) is 0 Å². The fourth-order valence-corrected chi connectivity index (χ4v) is 6.33. The Kier molecular flexibility index (Phi) is 12.8. The summed E-state index contributed by atoms with van der Waals surface area (Å²) < 4.78 is 18.0. The van der Waals surface area contributed by atoms with Crippen LogP contribution in [-0.4, -0.2) is 67.5 Å². The van der Waals surface area contributed by atoms with Crippen molar-refractivity contribution in [1.82, 2.24) is 4.90 Å². The quantitative estimate of drug-likeness (QED) is 0.136. The Morgan fingerprint density at radius 2 is 1.29 bits per heavy atom. The fourth-order valence-electron chi connectivity index (χ4n) is 6.33. The Balaban J connectivity index is 1.48. The Labute approximate surface area is 266 Å². The van der Waals surface area contributed by atoms with Crippen molar-refractivity contribution in [2.24, 2.45) is 11.8 Å². The molecule has 1 fully saturated rings. The molecule has 1 unspecified atom stereocenters. The van der Waals surface area contributed by atoms with E-state index in [4.69, 9.17) is 19.3 Å². The van der Waals surface area contributed by atoms with Gasteiger partial charge in [0.1, 0.15) is 17.1 Å². The number of unbranched alkanes of at least 4 members (excludes halogenated alkanes) is 3. The molecule has 3 aromatic rings. The van der Waals surface area contributed by atoms with Gasteiger partial charge in [-0.1, -0.05) is 67.4 Å². The Bertz CT molecular complexity index is 1270. The highest BCUT2D eigenvalue weighted by atomic mass is 16.5. The maximum absolute atomic E-state index is 12.8. The number of likely N-dealkylation sites (tertiary alicyclic amines) is 1. The largest absolute Gasteiger partial charge is 0.497 e. The first-order valence-corrected chi connectivity index (χ1v) is 16.0. The summed E-state index contributed by atoms with van der Waals surface area (Å²) in [6.45, 7) is 1.66. The van der Waals surface area contributed by atoms with Crippen LogP contribution in [0.5, 0.6) is 11.5 Å². The SMILES string of the molecule is COc1ccc(C(OCC(CO)C2CCN(C(=O)CCCCCCC(=O)O)CC2)(c2ccccc2)c2ccc(OC)cc2)cc1. The van der Waals surface area contributed by atoms with Gasteiger partial charge in [0.05, 0.1) is 20.8 Å². The third kappa shape index (κ3) is 8.86. The smallest absolute Gasteiger partial charge is 0.303 e. The number of nitrogens with zero attached hydrogens (tertiary/aromatic N) is 1. The average Bonchev–Trinajstić information content (AvgIpc) is 3.09. The number of hydrogen-bond donors (Lipinski definition) is 2. The third-order valence-corrected chi connectivity index (χ3v) is 9.01. The molecule has 242 valence electrons. The second-order valence-corrected chi connectivity index (χ2v) is 11.8. The van der Waals surface area contributed by atoms with Gasteiger partial charge in [0.2, 0.25) is 5.91 Å². The summed E-state index contributed by atoms with van der Waals surface area (Å²) in [5, 5.41) is 19.4. The van der Waals surface area contributed by atoms with Gasteiger partial charge in [-0.25, -0.2) is 0 Å². The first kappa shape index (κ1) is 34.0. The zero-order valence-electron chi connectivity index (χ0n) is 26.5. The molecule has 1 heterocycles. The van der Waals surface area contributed by atoms with Crippen molar-refractivity contribution in [2.75, 3.05) is 40.5 Å². The van der Waals surface area contributed by atoms with E-state index in [0.29, 0.717) is 32.5 Å². The molecule has 8 heteroatoms. The predicted molar refractivity (Wildman–Crippen MR) is 173 cm³/mol. The number of carboxylic acids is 1. The second kappa shape index (κ2) is 17.0.